The first-order valence-corrected chi connectivity index (χ1v) is 9.15. The van der Waals surface area contributed by atoms with Crippen LogP contribution in [0.1, 0.15) is 27.7 Å². The van der Waals surface area contributed by atoms with Crippen LogP contribution >= 0.6 is 11.3 Å². The van der Waals surface area contributed by atoms with Gasteiger partial charge < -0.3 is 10.1 Å². The molecule has 0 aliphatic carbocycles. The minimum absolute atomic E-state index is 0.288. The Bertz CT molecular complexity index is 978. The summed E-state index contributed by atoms with van der Waals surface area (Å²) in [6.07, 6.45) is 0. The Morgan fingerprint density at radius 1 is 1.04 bits per heavy atom. The number of urea groups is 1. The van der Waals surface area contributed by atoms with Crippen LogP contribution in [0.5, 0.6) is 0 Å². The van der Waals surface area contributed by atoms with E-state index < -0.39 is 12.0 Å². The van der Waals surface area contributed by atoms with Crippen LogP contribution in [0.4, 0.5) is 15.5 Å². The van der Waals surface area contributed by atoms with Gasteiger partial charge in [0.25, 0.3) is 0 Å². The maximum atomic E-state index is 12.4. The van der Waals surface area contributed by atoms with Crippen LogP contribution in [-0.4, -0.2) is 18.6 Å². The quantitative estimate of drug-likeness (QED) is 0.611. The summed E-state index contributed by atoms with van der Waals surface area (Å²) in [5.41, 5.74) is 1.93. The number of amides is 2. The summed E-state index contributed by atoms with van der Waals surface area (Å²) >= 11 is 1.36. The highest BCUT2D eigenvalue weighted by Gasteiger charge is 2.22. The second-order valence-electron chi connectivity index (χ2n) is 5.85. The molecule has 1 aromatic heterocycles. The predicted octanol–water partition coefficient (Wildman–Crippen LogP) is 5.34. The van der Waals surface area contributed by atoms with E-state index in [1.165, 1.54) is 11.3 Å². The Morgan fingerprint density at radius 3 is 2.50 bits per heavy atom. The Balaban J connectivity index is 1.79. The van der Waals surface area contributed by atoms with Crippen LogP contribution in [0.15, 0.2) is 42.5 Å². The van der Waals surface area contributed by atoms with E-state index in [9.17, 15) is 9.59 Å². The molecule has 2 amide bonds. The lowest BCUT2D eigenvalue weighted by atomic mass is 10.1. The molecule has 0 radical (unpaired) electrons. The van der Waals surface area contributed by atoms with Crippen LogP contribution in [0.25, 0.3) is 10.8 Å². The number of aryl methyl sites for hydroxylation is 1. The Hall–Kier alpha value is -2.86. The number of carbonyl (C=O) groups is 2. The molecule has 3 rings (SSSR count). The van der Waals surface area contributed by atoms with E-state index >= 15 is 0 Å². The smallest absolute Gasteiger partial charge is 0.341 e. The highest BCUT2D eigenvalue weighted by molar-refractivity contribution is 7.16. The number of ether oxygens (including phenoxy) is 1. The third-order valence-electron chi connectivity index (χ3n) is 4.10. The van der Waals surface area contributed by atoms with Gasteiger partial charge in [-0.15, -0.1) is 11.3 Å². The molecule has 0 spiro atoms. The Labute approximate surface area is 156 Å². The zero-order valence-electron chi connectivity index (χ0n) is 14.9. The summed E-state index contributed by atoms with van der Waals surface area (Å²) < 4.78 is 5.11. The number of nitrogens with one attached hydrogen (secondary N) is 2. The van der Waals surface area contributed by atoms with Crippen molar-refractivity contribution in [2.75, 3.05) is 17.2 Å². The topological polar surface area (TPSA) is 67.4 Å². The van der Waals surface area contributed by atoms with Crippen LogP contribution in [0.3, 0.4) is 0 Å². The van der Waals surface area contributed by atoms with Crippen LogP contribution < -0.4 is 10.6 Å². The highest BCUT2D eigenvalue weighted by atomic mass is 32.1. The molecule has 2 aromatic carbocycles. The number of benzene rings is 2. The summed E-state index contributed by atoms with van der Waals surface area (Å²) in [6.45, 7) is 5.81. The normalized spacial score (nSPS) is 10.6. The molecular weight excluding hydrogens is 348 g/mol. The Morgan fingerprint density at radius 2 is 1.77 bits per heavy atom. The minimum Gasteiger partial charge on any atom is -0.462 e. The third-order valence-corrected chi connectivity index (χ3v) is 5.22. The predicted molar refractivity (Wildman–Crippen MR) is 106 cm³/mol. The van der Waals surface area contributed by atoms with E-state index in [0.29, 0.717) is 16.3 Å². The van der Waals surface area contributed by atoms with Gasteiger partial charge in [-0.1, -0.05) is 30.3 Å². The standard InChI is InChI=1S/C20H20N2O3S/c1-4-25-19(23)17-12(2)13(3)26-18(17)22-20(24)21-16-10-9-14-7-5-6-8-15(14)11-16/h5-11H,4H2,1-3H3,(H2,21,22,24). The van der Waals surface area contributed by atoms with E-state index in [1.54, 1.807) is 6.92 Å². The molecular formula is C20H20N2O3S. The highest BCUT2D eigenvalue weighted by Crippen LogP contribution is 2.33. The van der Waals surface area contributed by atoms with E-state index in [0.717, 1.165) is 21.2 Å². The van der Waals surface area contributed by atoms with E-state index in [4.69, 9.17) is 4.74 Å². The maximum Gasteiger partial charge on any atom is 0.341 e. The second kappa shape index (κ2) is 7.58. The monoisotopic (exact) mass is 368 g/mol. The lowest BCUT2D eigenvalue weighted by Gasteiger charge is -2.09. The average Bonchev–Trinajstić information content (AvgIpc) is 2.88. The summed E-state index contributed by atoms with van der Waals surface area (Å²) in [6, 6.07) is 13.2. The molecule has 0 unspecified atom stereocenters. The molecule has 1 heterocycles. The lowest BCUT2D eigenvalue weighted by Crippen LogP contribution is -2.20. The number of hydrogen-bond donors (Lipinski definition) is 2. The van der Waals surface area contributed by atoms with E-state index in [-0.39, 0.29) is 6.61 Å². The zero-order valence-corrected chi connectivity index (χ0v) is 15.7. The fraction of sp³-hybridized carbons (Fsp3) is 0.200. The molecule has 0 fully saturated rings. The molecule has 0 aliphatic heterocycles. The van der Waals surface area contributed by atoms with Gasteiger partial charge in [0.15, 0.2) is 0 Å². The van der Waals surface area contributed by atoms with Gasteiger partial charge >= 0.3 is 12.0 Å². The fourth-order valence-electron chi connectivity index (χ4n) is 2.70. The van der Waals surface area contributed by atoms with Crippen LogP contribution in [-0.2, 0) is 4.74 Å². The van der Waals surface area contributed by atoms with E-state index in [1.807, 2.05) is 56.3 Å². The van der Waals surface area contributed by atoms with Gasteiger partial charge in [-0.3, -0.25) is 5.32 Å². The maximum absolute atomic E-state index is 12.4. The number of esters is 1. The molecule has 3 aromatic rings. The molecule has 6 heteroatoms. The van der Waals surface area contributed by atoms with Gasteiger partial charge in [-0.05, 0) is 49.2 Å². The van der Waals surface area contributed by atoms with Crippen molar-refractivity contribution in [3.63, 3.8) is 0 Å². The molecule has 134 valence electrons. The van der Waals surface area contributed by atoms with Gasteiger partial charge in [-0.25, -0.2) is 9.59 Å². The molecule has 0 saturated carbocycles. The number of rotatable bonds is 4. The third kappa shape index (κ3) is 3.70. The number of fused-ring (bicyclic) bond motifs is 1. The first kappa shape index (κ1) is 17.9. The first-order valence-electron chi connectivity index (χ1n) is 8.33. The molecule has 0 aliphatic rings. The van der Waals surface area contributed by atoms with Crippen molar-refractivity contribution >= 4 is 44.8 Å². The van der Waals surface area contributed by atoms with Gasteiger partial charge in [0.2, 0.25) is 0 Å². The van der Waals surface area contributed by atoms with Crippen molar-refractivity contribution in [2.24, 2.45) is 0 Å². The summed E-state index contributed by atoms with van der Waals surface area (Å²) in [5.74, 6) is -0.421. The minimum atomic E-state index is -0.421. The summed E-state index contributed by atoms with van der Waals surface area (Å²) in [7, 11) is 0. The lowest BCUT2D eigenvalue weighted by molar-refractivity contribution is 0.0527. The molecule has 0 bridgehead atoms. The first-order chi connectivity index (χ1) is 12.5. The molecule has 0 saturated heterocycles. The van der Waals surface area contributed by atoms with Gasteiger partial charge in [0.1, 0.15) is 5.00 Å². The number of hydrogen-bond acceptors (Lipinski definition) is 4. The Kier molecular flexibility index (Phi) is 5.23. The summed E-state index contributed by atoms with van der Waals surface area (Å²) in [4.78, 5) is 25.6. The molecule has 0 atom stereocenters. The van der Waals surface area contributed by atoms with Crippen molar-refractivity contribution in [2.45, 2.75) is 20.8 Å². The average molecular weight is 368 g/mol. The van der Waals surface area contributed by atoms with Crippen molar-refractivity contribution in [3.8, 4) is 0 Å². The van der Waals surface area contributed by atoms with Crippen molar-refractivity contribution < 1.29 is 14.3 Å². The van der Waals surface area contributed by atoms with Crippen molar-refractivity contribution in [1.82, 2.24) is 0 Å². The number of thiophene rings is 1. The van der Waals surface area contributed by atoms with Crippen molar-refractivity contribution in [1.29, 1.82) is 0 Å². The summed E-state index contributed by atoms with van der Waals surface area (Å²) in [5, 5.41) is 8.23. The molecule has 5 nitrogen and oxygen atoms in total. The van der Waals surface area contributed by atoms with Crippen molar-refractivity contribution in [3.05, 3.63) is 58.5 Å². The van der Waals surface area contributed by atoms with E-state index in [2.05, 4.69) is 10.6 Å². The number of anilines is 2. The second-order valence-corrected chi connectivity index (χ2v) is 7.07. The number of carbonyl (C=O) groups excluding carboxylic acids is 2. The molecule has 2 N–H and O–H groups in total. The molecule has 26 heavy (non-hydrogen) atoms. The van der Waals surface area contributed by atoms with Crippen LogP contribution in [0.2, 0.25) is 0 Å². The zero-order chi connectivity index (χ0) is 18.7. The van der Waals surface area contributed by atoms with Gasteiger partial charge in [0, 0.05) is 10.6 Å². The van der Waals surface area contributed by atoms with Crippen LogP contribution in [0, 0.1) is 13.8 Å². The fourth-order valence-corrected chi connectivity index (χ4v) is 3.74. The largest absolute Gasteiger partial charge is 0.462 e. The van der Waals surface area contributed by atoms with Gasteiger partial charge in [0.05, 0.1) is 12.2 Å². The van der Waals surface area contributed by atoms with Gasteiger partial charge in [-0.2, -0.15) is 0 Å². The SMILES string of the molecule is CCOC(=O)c1c(NC(=O)Nc2ccc3ccccc3c2)sc(C)c1C.